The Morgan fingerprint density at radius 3 is 2.57 bits per heavy atom. The standard InChI is InChI=1S/C20H18N2O7S/c23-14-8-13-16(9-15(14)24)29-10-22(19(13)26)5-6-28-12-3-1-11(2-4-12)7-17-18(25)21-20(27)30-17/h1-4,8-9,17,23-24H,5-7,10H2,(H,21,25,27). The molecule has 2 heterocycles. The minimum absolute atomic E-state index is 0.0121. The number of phenolic OH excluding ortho intramolecular Hbond substituents is 2. The predicted molar refractivity (Wildman–Crippen MR) is 107 cm³/mol. The molecule has 0 aliphatic carbocycles. The molecule has 2 aliphatic heterocycles. The molecular formula is C20H18N2O7S. The number of thioether (sulfide) groups is 1. The Balaban J connectivity index is 1.29. The number of nitrogens with one attached hydrogen (secondary N) is 1. The first-order valence-corrected chi connectivity index (χ1v) is 10.00. The van der Waals surface area contributed by atoms with Gasteiger partial charge in [-0.05, 0) is 24.1 Å². The van der Waals surface area contributed by atoms with E-state index in [4.69, 9.17) is 9.47 Å². The zero-order chi connectivity index (χ0) is 21.3. The number of amides is 3. The number of imide groups is 1. The van der Waals surface area contributed by atoms with Crippen LogP contribution >= 0.6 is 11.8 Å². The molecule has 1 unspecified atom stereocenters. The summed E-state index contributed by atoms with van der Waals surface area (Å²) in [6.45, 7) is 0.504. The number of fused-ring (bicyclic) bond motifs is 1. The van der Waals surface area contributed by atoms with Gasteiger partial charge in [0.25, 0.3) is 11.1 Å². The minimum Gasteiger partial charge on any atom is -0.504 e. The molecule has 0 aromatic heterocycles. The third-order valence-corrected chi connectivity index (χ3v) is 5.69. The summed E-state index contributed by atoms with van der Waals surface area (Å²) in [7, 11) is 0. The van der Waals surface area contributed by atoms with Gasteiger partial charge in [0.05, 0.1) is 17.4 Å². The second-order valence-electron chi connectivity index (χ2n) is 6.76. The number of aromatic hydroxyl groups is 2. The van der Waals surface area contributed by atoms with E-state index in [9.17, 15) is 24.6 Å². The molecule has 4 rings (SSSR count). The summed E-state index contributed by atoms with van der Waals surface area (Å²) in [6.07, 6.45) is 0.448. The van der Waals surface area contributed by atoms with Gasteiger partial charge in [0, 0.05) is 12.1 Å². The number of benzene rings is 2. The lowest BCUT2D eigenvalue weighted by atomic mass is 10.1. The molecular weight excluding hydrogens is 412 g/mol. The third kappa shape index (κ3) is 4.13. The van der Waals surface area contributed by atoms with Gasteiger partial charge in [0.15, 0.2) is 18.2 Å². The molecule has 3 amide bonds. The molecule has 156 valence electrons. The van der Waals surface area contributed by atoms with Gasteiger partial charge in [-0.15, -0.1) is 0 Å². The predicted octanol–water partition coefficient (Wildman–Crippen LogP) is 1.86. The molecule has 1 saturated heterocycles. The zero-order valence-electron chi connectivity index (χ0n) is 15.7. The average Bonchev–Trinajstić information content (AvgIpc) is 3.03. The van der Waals surface area contributed by atoms with Crippen LogP contribution in [0.4, 0.5) is 4.79 Å². The molecule has 10 heteroatoms. The van der Waals surface area contributed by atoms with Crippen molar-refractivity contribution >= 4 is 28.8 Å². The molecule has 9 nitrogen and oxygen atoms in total. The maximum Gasteiger partial charge on any atom is 0.286 e. The second kappa shape index (κ2) is 8.15. The summed E-state index contributed by atoms with van der Waals surface area (Å²) in [6, 6.07) is 9.56. The Morgan fingerprint density at radius 2 is 1.87 bits per heavy atom. The quantitative estimate of drug-likeness (QED) is 0.593. The molecule has 0 spiro atoms. The maximum atomic E-state index is 12.5. The summed E-state index contributed by atoms with van der Waals surface area (Å²) in [5.74, 6) is -0.510. The number of phenols is 2. The highest BCUT2D eigenvalue weighted by Crippen LogP contribution is 2.35. The molecule has 2 aliphatic rings. The normalized spacial score (nSPS) is 18.1. The van der Waals surface area contributed by atoms with Crippen molar-refractivity contribution in [3.8, 4) is 23.0 Å². The molecule has 2 aromatic rings. The van der Waals surface area contributed by atoms with E-state index in [2.05, 4.69) is 5.32 Å². The Bertz CT molecular complexity index is 1010. The van der Waals surface area contributed by atoms with Crippen LogP contribution in [0.3, 0.4) is 0 Å². The third-order valence-electron chi connectivity index (χ3n) is 4.71. The Labute approximate surface area is 175 Å². The highest BCUT2D eigenvalue weighted by atomic mass is 32.2. The van der Waals surface area contributed by atoms with Crippen LogP contribution in [0.5, 0.6) is 23.0 Å². The largest absolute Gasteiger partial charge is 0.504 e. The molecule has 0 radical (unpaired) electrons. The molecule has 0 bridgehead atoms. The van der Waals surface area contributed by atoms with Gasteiger partial charge in [0.2, 0.25) is 5.91 Å². The Hall–Kier alpha value is -3.40. The van der Waals surface area contributed by atoms with E-state index in [-0.39, 0.29) is 59.7 Å². The van der Waals surface area contributed by atoms with Crippen molar-refractivity contribution in [2.75, 3.05) is 19.9 Å². The fraction of sp³-hybridized carbons (Fsp3) is 0.250. The van der Waals surface area contributed by atoms with Crippen LogP contribution in [0, 0.1) is 0 Å². The number of hydrogen-bond donors (Lipinski definition) is 3. The Morgan fingerprint density at radius 1 is 1.13 bits per heavy atom. The van der Waals surface area contributed by atoms with Crippen LogP contribution < -0.4 is 14.8 Å². The lowest BCUT2D eigenvalue weighted by Gasteiger charge is -2.28. The van der Waals surface area contributed by atoms with Crippen molar-refractivity contribution in [2.45, 2.75) is 11.7 Å². The van der Waals surface area contributed by atoms with E-state index < -0.39 is 5.25 Å². The summed E-state index contributed by atoms with van der Waals surface area (Å²) in [5.41, 5.74) is 1.08. The average molecular weight is 430 g/mol. The van der Waals surface area contributed by atoms with Gasteiger partial charge in [-0.3, -0.25) is 19.7 Å². The van der Waals surface area contributed by atoms with Gasteiger partial charge in [-0.2, -0.15) is 0 Å². The first kappa shape index (κ1) is 19.9. The van der Waals surface area contributed by atoms with Crippen LogP contribution in [0.1, 0.15) is 15.9 Å². The lowest BCUT2D eigenvalue weighted by molar-refractivity contribution is -0.118. The molecule has 3 N–H and O–H groups in total. The fourth-order valence-electron chi connectivity index (χ4n) is 3.12. The summed E-state index contributed by atoms with van der Waals surface area (Å²) in [5, 5.41) is 20.6. The van der Waals surface area contributed by atoms with Gasteiger partial charge >= 0.3 is 0 Å². The zero-order valence-corrected chi connectivity index (χ0v) is 16.5. The monoisotopic (exact) mass is 430 g/mol. The van der Waals surface area contributed by atoms with Gasteiger partial charge in [-0.1, -0.05) is 23.9 Å². The number of hydrogen-bond acceptors (Lipinski definition) is 8. The molecule has 1 atom stereocenters. The molecule has 0 saturated carbocycles. The lowest BCUT2D eigenvalue weighted by Crippen LogP contribution is -2.40. The van der Waals surface area contributed by atoms with Gasteiger partial charge in [-0.25, -0.2) is 0 Å². The van der Waals surface area contributed by atoms with E-state index in [1.807, 2.05) is 12.1 Å². The first-order chi connectivity index (χ1) is 14.4. The topological polar surface area (TPSA) is 125 Å². The van der Waals surface area contributed by atoms with Crippen LogP contribution in [-0.2, 0) is 11.2 Å². The smallest absolute Gasteiger partial charge is 0.286 e. The highest BCUT2D eigenvalue weighted by Gasteiger charge is 2.31. The second-order valence-corrected chi connectivity index (χ2v) is 7.93. The summed E-state index contributed by atoms with van der Waals surface area (Å²) in [4.78, 5) is 36.8. The van der Waals surface area contributed by atoms with Gasteiger partial charge < -0.3 is 24.6 Å². The van der Waals surface area contributed by atoms with Crippen LogP contribution in [-0.4, -0.2) is 57.3 Å². The number of nitrogens with zero attached hydrogens (tertiary/aromatic N) is 1. The van der Waals surface area contributed by atoms with E-state index in [0.29, 0.717) is 12.2 Å². The van der Waals surface area contributed by atoms with E-state index in [0.717, 1.165) is 17.3 Å². The number of carbonyl (C=O) groups is 3. The fourth-order valence-corrected chi connectivity index (χ4v) is 3.98. The Kier molecular flexibility index (Phi) is 5.40. The van der Waals surface area contributed by atoms with Crippen LogP contribution in [0.2, 0.25) is 0 Å². The van der Waals surface area contributed by atoms with Crippen LogP contribution in [0.25, 0.3) is 0 Å². The van der Waals surface area contributed by atoms with Crippen molar-refractivity contribution in [2.24, 2.45) is 0 Å². The maximum absolute atomic E-state index is 12.5. The van der Waals surface area contributed by atoms with Crippen molar-refractivity contribution < 1.29 is 34.1 Å². The summed E-state index contributed by atoms with van der Waals surface area (Å²) >= 11 is 0.990. The van der Waals surface area contributed by atoms with Crippen molar-refractivity contribution in [1.29, 1.82) is 0 Å². The van der Waals surface area contributed by atoms with Crippen molar-refractivity contribution in [3.05, 3.63) is 47.5 Å². The number of rotatable bonds is 6. The van der Waals surface area contributed by atoms with Gasteiger partial charge in [0.1, 0.15) is 18.1 Å². The van der Waals surface area contributed by atoms with Crippen molar-refractivity contribution in [1.82, 2.24) is 10.2 Å². The van der Waals surface area contributed by atoms with E-state index in [1.165, 1.54) is 17.0 Å². The number of ether oxygens (including phenoxy) is 2. The van der Waals surface area contributed by atoms with E-state index in [1.54, 1.807) is 12.1 Å². The summed E-state index contributed by atoms with van der Waals surface area (Å²) < 4.78 is 11.1. The molecule has 1 fully saturated rings. The SMILES string of the molecule is O=C1NC(=O)C(Cc2ccc(OCCN3COc4cc(O)c(O)cc4C3=O)cc2)S1. The molecule has 2 aromatic carbocycles. The highest BCUT2D eigenvalue weighted by molar-refractivity contribution is 8.15. The van der Waals surface area contributed by atoms with Crippen molar-refractivity contribution in [3.63, 3.8) is 0 Å². The van der Waals surface area contributed by atoms with E-state index >= 15 is 0 Å². The van der Waals surface area contributed by atoms with Crippen LogP contribution in [0.15, 0.2) is 36.4 Å². The first-order valence-electron chi connectivity index (χ1n) is 9.12. The minimum atomic E-state index is -0.418. The molecule has 30 heavy (non-hydrogen) atoms. The number of carbonyl (C=O) groups excluding carboxylic acids is 3.